The van der Waals surface area contributed by atoms with E-state index in [1.165, 1.54) is 4.90 Å². The molecule has 2 heterocycles. The summed E-state index contributed by atoms with van der Waals surface area (Å²) in [5.41, 5.74) is 0.806. The lowest BCUT2D eigenvalue weighted by Crippen LogP contribution is -2.52. The first-order valence-electron chi connectivity index (χ1n) is 10.7. The van der Waals surface area contributed by atoms with Crippen molar-refractivity contribution in [3.05, 3.63) is 35.9 Å². The Morgan fingerprint density at radius 1 is 1.10 bits per heavy atom. The molecule has 0 spiro atoms. The van der Waals surface area contributed by atoms with Crippen LogP contribution in [-0.2, 0) is 30.3 Å². The predicted molar refractivity (Wildman–Crippen MR) is 111 cm³/mol. The summed E-state index contributed by atoms with van der Waals surface area (Å²) in [5, 5.41) is 12.2. The number of hydrogen-bond acceptors (Lipinski definition) is 5. The maximum atomic E-state index is 13.1. The monoisotopic (exact) mass is 431 g/mol. The molecule has 31 heavy (non-hydrogen) atoms. The van der Waals surface area contributed by atoms with Gasteiger partial charge in [0.25, 0.3) is 0 Å². The molecule has 3 amide bonds. The first kappa shape index (κ1) is 22.7. The Labute approximate surface area is 181 Å². The Balaban J connectivity index is 1.66. The molecule has 2 N–H and O–H groups in total. The zero-order chi connectivity index (χ0) is 22.2. The van der Waals surface area contributed by atoms with Crippen LogP contribution in [0.2, 0.25) is 0 Å². The van der Waals surface area contributed by atoms with Crippen molar-refractivity contribution in [3.8, 4) is 0 Å². The van der Waals surface area contributed by atoms with Crippen molar-refractivity contribution in [2.75, 3.05) is 32.8 Å². The van der Waals surface area contributed by atoms with E-state index in [1.54, 1.807) is 4.90 Å². The fourth-order valence-corrected chi connectivity index (χ4v) is 4.01. The first-order chi connectivity index (χ1) is 15.0. The molecule has 0 saturated carbocycles. The topological polar surface area (TPSA) is 116 Å². The molecule has 168 valence electrons. The third-order valence-corrected chi connectivity index (χ3v) is 5.67. The van der Waals surface area contributed by atoms with Crippen LogP contribution in [0.5, 0.6) is 0 Å². The van der Waals surface area contributed by atoms with E-state index in [-0.39, 0.29) is 31.1 Å². The minimum Gasteiger partial charge on any atom is -0.480 e. The van der Waals surface area contributed by atoms with Crippen LogP contribution in [0.25, 0.3) is 0 Å². The lowest BCUT2D eigenvalue weighted by molar-refractivity contribution is -0.149. The first-order valence-corrected chi connectivity index (χ1v) is 10.7. The third kappa shape index (κ3) is 6.27. The van der Waals surface area contributed by atoms with Gasteiger partial charge in [-0.25, -0.2) is 4.79 Å². The van der Waals surface area contributed by atoms with Crippen molar-refractivity contribution in [1.82, 2.24) is 15.1 Å². The quantitative estimate of drug-likeness (QED) is 0.617. The van der Waals surface area contributed by atoms with Crippen LogP contribution in [0, 0.1) is 0 Å². The highest BCUT2D eigenvalue weighted by molar-refractivity contribution is 5.91. The molecule has 2 aliphatic heterocycles. The van der Waals surface area contributed by atoms with Crippen LogP contribution < -0.4 is 5.32 Å². The number of hydrogen-bond donors (Lipinski definition) is 2. The number of nitrogens with zero attached hydrogens (tertiary/aromatic N) is 2. The summed E-state index contributed by atoms with van der Waals surface area (Å²) < 4.78 is 5.26. The van der Waals surface area contributed by atoms with E-state index in [0.717, 1.165) is 5.56 Å². The molecule has 9 nitrogen and oxygen atoms in total. The van der Waals surface area contributed by atoms with Gasteiger partial charge in [0.2, 0.25) is 17.7 Å². The molecule has 1 aromatic carbocycles. The molecule has 2 saturated heterocycles. The Kier molecular flexibility index (Phi) is 8.00. The number of carbonyl (C=O) groups excluding carboxylic acids is 3. The minimum atomic E-state index is -1.05. The van der Waals surface area contributed by atoms with Crippen molar-refractivity contribution in [1.29, 1.82) is 0 Å². The number of carbonyl (C=O) groups is 4. The van der Waals surface area contributed by atoms with Crippen LogP contribution in [0.3, 0.4) is 0 Å². The summed E-state index contributed by atoms with van der Waals surface area (Å²) in [5.74, 6) is -1.94. The van der Waals surface area contributed by atoms with Crippen molar-refractivity contribution in [2.24, 2.45) is 0 Å². The average molecular weight is 431 g/mol. The molecular weight excluding hydrogens is 402 g/mol. The smallest absolute Gasteiger partial charge is 0.326 e. The van der Waals surface area contributed by atoms with Gasteiger partial charge >= 0.3 is 5.97 Å². The minimum absolute atomic E-state index is 0.0909. The van der Waals surface area contributed by atoms with Gasteiger partial charge in [-0.05, 0) is 24.8 Å². The Hall–Kier alpha value is -2.94. The summed E-state index contributed by atoms with van der Waals surface area (Å²) >= 11 is 0. The van der Waals surface area contributed by atoms with Gasteiger partial charge < -0.3 is 25.0 Å². The van der Waals surface area contributed by atoms with Gasteiger partial charge in [-0.2, -0.15) is 0 Å². The van der Waals surface area contributed by atoms with E-state index in [4.69, 9.17) is 4.74 Å². The summed E-state index contributed by atoms with van der Waals surface area (Å²) in [6, 6.07) is 7.31. The number of carboxylic acids is 1. The second-order valence-electron chi connectivity index (χ2n) is 7.84. The van der Waals surface area contributed by atoms with Gasteiger partial charge in [-0.3, -0.25) is 14.4 Å². The molecule has 1 aromatic rings. The highest BCUT2D eigenvalue weighted by Gasteiger charge is 2.37. The van der Waals surface area contributed by atoms with Gasteiger partial charge in [-0.1, -0.05) is 30.3 Å². The van der Waals surface area contributed by atoms with Gasteiger partial charge in [0.1, 0.15) is 12.1 Å². The highest BCUT2D eigenvalue weighted by atomic mass is 16.5. The number of benzene rings is 1. The van der Waals surface area contributed by atoms with Crippen molar-refractivity contribution >= 4 is 23.7 Å². The van der Waals surface area contributed by atoms with E-state index in [1.807, 2.05) is 30.3 Å². The molecule has 0 bridgehead atoms. The van der Waals surface area contributed by atoms with Gasteiger partial charge in [0.05, 0.1) is 19.6 Å². The Bertz CT molecular complexity index is 794. The van der Waals surface area contributed by atoms with Gasteiger partial charge in [-0.15, -0.1) is 0 Å². The molecule has 0 aliphatic carbocycles. The largest absolute Gasteiger partial charge is 0.480 e. The normalized spacial score (nSPS) is 19.7. The maximum Gasteiger partial charge on any atom is 0.326 e. The number of ether oxygens (including phenoxy) is 1. The van der Waals surface area contributed by atoms with Crippen molar-refractivity contribution in [3.63, 3.8) is 0 Å². The second kappa shape index (κ2) is 10.9. The number of nitrogens with one attached hydrogen (secondary N) is 1. The van der Waals surface area contributed by atoms with E-state index < -0.39 is 24.0 Å². The van der Waals surface area contributed by atoms with E-state index >= 15 is 0 Å². The summed E-state index contributed by atoms with van der Waals surface area (Å²) in [7, 11) is 0. The van der Waals surface area contributed by atoms with Crippen LogP contribution in [-0.4, -0.2) is 83.5 Å². The fourth-order valence-electron chi connectivity index (χ4n) is 4.01. The fraction of sp³-hybridized carbons (Fsp3) is 0.545. The molecule has 0 unspecified atom stereocenters. The van der Waals surface area contributed by atoms with E-state index in [0.29, 0.717) is 45.7 Å². The number of amides is 3. The molecule has 0 aromatic heterocycles. The molecule has 2 fully saturated rings. The summed E-state index contributed by atoms with van der Waals surface area (Å²) in [4.78, 5) is 52.8. The second-order valence-corrected chi connectivity index (χ2v) is 7.84. The van der Waals surface area contributed by atoms with E-state index in [2.05, 4.69) is 5.32 Å². The average Bonchev–Trinajstić information content (AvgIpc) is 3.27. The standard InChI is InChI=1S/C22H29N3O6/c26-19(15-16-5-2-1-3-6-16)23-17(8-9-20(27)24-11-13-31-14-12-24)21(28)25-10-4-7-18(25)22(29)30/h1-3,5-6,17-18H,4,7-15H2,(H,23,26)(H,29,30)/t17-,18+/m1/s1. The van der Waals surface area contributed by atoms with Crippen LogP contribution >= 0.6 is 0 Å². The van der Waals surface area contributed by atoms with Crippen molar-refractivity contribution < 1.29 is 29.0 Å². The van der Waals surface area contributed by atoms with Crippen molar-refractivity contribution in [2.45, 2.75) is 44.2 Å². The maximum absolute atomic E-state index is 13.1. The predicted octanol–water partition coefficient (Wildman–Crippen LogP) is 0.429. The number of rotatable bonds is 8. The van der Waals surface area contributed by atoms with Gasteiger partial charge in [0.15, 0.2) is 0 Å². The summed E-state index contributed by atoms with van der Waals surface area (Å²) in [6.45, 7) is 2.31. The zero-order valence-corrected chi connectivity index (χ0v) is 17.5. The molecule has 0 radical (unpaired) electrons. The number of aliphatic carboxylic acids is 1. The molecule has 2 aliphatic rings. The van der Waals surface area contributed by atoms with Crippen LogP contribution in [0.4, 0.5) is 0 Å². The lowest BCUT2D eigenvalue weighted by atomic mass is 10.1. The number of morpholine rings is 1. The molecule has 9 heteroatoms. The molecule has 2 atom stereocenters. The van der Waals surface area contributed by atoms with E-state index in [9.17, 15) is 24.3 Å². The zero-order valence-electron chi connectivity index (χ0n) is 17.5. The Morgan fingerprint density at radius 2 is 1.81 bits per heavy atom. The van der Waals surface area contributed by atoms with Crippen LogP contribution in [0.15, 0.2) is 30.3 Å². The van der Waals surface area contributed by atoms with Crippen LogP contribution in [0.1, 0.15) is 31.2 Å². The number of carboxylic acid groups (broad SMARTS) is 1. The molecule has 3 rings (SSSR count). The lowest BCUT2D eigenvalue weighted by Gasteiger charge is -2.29. The summed E-state index contributed by atoms with van der Waals surface area (Å²) in [6.07, 6.45) is 1.30. The third-order valence-electron chi connectivity index (χ3n) is 5.67. The van der Waals surface area contributed by atoms with Gasteiger partial charge in [0, 0.05) is 26.1 Å². The highest BCUT2D eigenvalue weighted by Crippen LogP contribution is 2.20. The number of likely N-dealkylation sites (tertiary alicyclic amines) is 1. The Morgan fingerprint density at radius 3 is 2.48 bits per heavy atom. The SMILES string of the molecule is O=C(Cc1ccccc1)N[C@H](CCC(=O)N1CCOCC1)C(=O)N1CCC[C@H]1C(=O)O. The molecular formula is C22H29N3O6.